The van der Waals surface area contributed by atoms with Gasteiger partial charge in [0.25, 0.3) is 0 Å². The van der Waals surface area contributed by atoms with E-state index >= 15 is 0 Å². The zero-order valence-electron chi connectivity index (χ0n) is 23.3. The number of likely N-dealkylation sites (tertiary alicyclic amines) is 1. The first-order valence-corrected chi connectivity index (χ1v) is 14.5. The molecule has 6 nitrogen and oxygen atoms in total. The van der Waals surface area contributed by atoms with Crippen molar-refractivity contribution in [3.05, 3.63) is 95.1 Å². The lowest BCUT2D eigenvalue weighted by Crippen LogP contribution is -2.38. The maximum Gasteiger partial charge on any atom is 0.0900 e. The number of piperidine rings is 1. The molecule has 3 aromatic rings. The van der Waals surface area contributed by atoms with Crippen LogP contribution in [0, 0.1) is 12.8 Å². The van der Waals surface area contributed by atoms with Gasteiger partial charge in [-0.15, -0.1) is 0 Å². The molecule has 2 aliphatic heterocycles. The molecule has 204 valence electrons. The van der Waals surface area contributed by atoms with Crippen molar-refractivity contribution in [2.24, 2.45) is 10.9 Å². The van der Waals surface area contributed by atoms with E-state index in [1.54, 1.807) is 0 Å². The van der Waals surface area contributed by atoms with Gasteiger partial charge >= 0.3 is 0 Å². The number of hydrogen-bond acceptors (Lipinski definition) is 5. The summed E-state index contributed by atoms with van der Waals surface area (Å²) in [5, 5.41) is 5.29. The standard InChI is InChI=1S/C33H35ClN6/c1-22(2)21-39-17-14-25(15-18-39)36-30-20-33-31(19-29(30)37-27-8-6-16-35-23(27)3)38-28-7-4-5-9-32(28)40(33)26-12-10-24(34)11-13-26/h4-13,16,19-20,22,25,37H,14-15,17-18,21H2,1-3H3/b36-30+. The first kappa shape index (κ1) is 26.5. The van der Waals surface area contributed by atoms with Crippen LogP contribution in [0.5, 0.6) is 0 Å². The normalized spacial score (nSPS) is 15.4. The predicted octanol–water partition coefficient (Wildman–Crippen LogP) is 7.25. The molecule has 1 aromatic heterocycles. The summed E-state index contributed by atoms with van der Waals surface area (Å²) in [7, 11) is 0. The van der Waals surface area contributed by atoms with Gasteiger partial charge in [-0.1, -0.05) is 37.6 Å². The molecule has 0 spiro atoms. The highest BCUT2D eigenvalue weighted by Gasteiger charge is 2.21. The number of halogens is 1. The van der Waals surface area contributed by atoms with Crippen LogP contribution in [0.2, 0.25) is 5.02 Å². The van der Waals surface area contributed by atoms with E-state index in [9.17, 15) is 0 Å². The molecule has 1 saturated heterocycles. The van der Waals surface area contributed by atoms with Crippen LogP contribution in [0.1, 0.15) is 32.4 Å². The Morgan fingerprint density at radius 2 is 1.75 bits per heavy atom. The third-order valence-corrected chi connectivity index (χ3v) is 7.81. The van der Waals surface area contributed by atoms with Gasteiger partial charge in [-0.3, -0.25) is 9.98 Å². The molecular formula is C33H35ClN6. The smallest absolute Gasteiger partial charge is 0.0900 e. The first-order valence-electron chi connectivity index (χ1n) is 14.1. The molecule has 0 radical (unpaired) electrons. The van der Waals surface area contributed by atoms with Crippen LogP contribution < -0.4 is 10.7 Å². The quantitative estimate of drug-likeness (QED) is 0.226. The van der Waals surface area contributed by atoms with Gasteiger partial charge in [-0.2, -0.15) is 0 Å². The largest absolute Gasteiger partial charge is 0.352 e. The van der Waals surface area contributed by atoms with Crippen LogP contribution in [0.15, 0.2) is 84.0 Å². The molecule has 0 unspecified atom stereocenters. The number of rotatable bonds is 6. The number of nitrogens with one attached hydrogen (secondary N) is 1. The molecule has 6 rings (SSSR count). The van der Waals surface area contributed by atoms with E-state index in [2.05, 4.69) is 82.1 Å². The Morgan fingerprint density at radius 1 is 0.975 bits per heavy atom. The molecule has 0 bridgehead atoms. The number of nitrogens with zero attached hydrogens (tertiary/aromatic N) is 5. The minimum absolute atomic E-state index is 0.272. The Kier molecular flexibility index (Phi) is 7.55. The molecule has 3 heterocycles. The molecule has 0 amide bonds. The van der Waals surface area contributed by atoms with Gasteiger partial charge in [0.05, 0.1) is 50.9 Å². The number of para-hydroxylation sites is 2. The van der Waals surface area contributed by atoms with E-state index in [1.165, 1.54) is 0 Å². The van der Waals surface area contributed by atoms with E-state index in [-0.39, 0.29) is 6.04 Å². The summed E-state index contributed by atoms with van der Waals surface area (Å²) in [4.78, 5) is 17.5. The SMILES string of the molecule is Cc1ncccc1Nc1cc2nc3ccccc3n(-c3ccc(Cl)cc3)c-2c/c1=N\C1CCN(CC(C)C)CC1. The van der Waals surface area contributed by atoms with Gasteiger partial charge in [0.2, 0.25) is 0 Å². The average molecular weight is 551 g/mol. The van der Waals surface area contributed by atoms with Crippen LogP contribution in [-0.2, 0) is 0 Å². The molecule has 3 aliphatic rings. The van der Waals surface area contributed by atoms with Gasteiger partial charge < -0.3 is 14.8 Å². The Balaban J connectivity index is 1.53. The van der Waals surface area contributed by atoms with Crippen molar-refractivity contribution in [2.75, 3.05) is 25.0 Å². The van der Waals surface area contributed by atoms with Gasteiger partial charge in [0, 0.05) is 36.5 Å². The van der Waals surface area contributed by atoms with Crippen LogP contribution in [0.3, 0.4) is 0 Å². The monoisotopic (exact) mass is 550 g/mol. The predicted molar refractivity (Wildman–Crippen MR) is 165 cm³/mol. The van der Waals surface area contributed by atoms with Crippen molar-refractivity contribution in [3.8, 4) is 17.1 Å². The lowest BCUT2D eigenvalue weighted by molar-refractivity contribution is 0.192. The highest BCUT2D eigenvalue weighted by molar-refractivity contribution is 6.30. The van der Waals surface area contributed by atoms with Crippen molar-refractivity contribution in [1.82, 2.24) is 19.4 Å². The Morgan fingerprint density at radius 3 is 2.50 bits per heavy atom. The molecule has 7 heteroatoms. The van der Waals surface area contributed by atoms with E-state index in [0.29, 0.717) is 10.9 Å². The number of pyridine rings is 1. The van der Waals surface area contributed by atoms with Gasteiger partial charge in [-0.25, -0.2) is 4.98 Å². The van der Waals surface area contributed by atoms with Crippen molar-refractivity contribution in [1.29, 1.82) is 0 Å². The number of hydrogen-bond donors (Lipinski definition) is 1. The number of fused-ring (bicyclic) bond motifs is 2. The summed E-state index contributed by atoms with van der Waals surface area (Å²) >= 11 is 6.26. The fourth-order valence-corrected chi connectivity index (χ4v) is 5.75. The zero-order chi connectivity index (χ0) is 27.6. The highest BCUT2D eigenvalue weighted by Crippen LogP contribution is 2.31. The number of benzene rings is 3. The molecule has 1 N–H and O–H groups in total. The lowest BCUT2D eigenvalue weighted by atomic mass is 10.0. The van der Waals surface area contributed by atoms with Crippen molar-refractivity contribution in [3.63, 3.8) is 0 Å². The summed E-state index contributed by atoms with van der Waals surface area (Å²) < 4.78 is 2.26. The number of anilines is 2. The van der Waals surface area contributed by atoms with E-state index in [4.69, 9.17) is 21.6 Å². The molecule has 0 atom stereocenters. The second-order valence-electron chi connectivity index (χ2n) is 11.1. The summed E-state index contributed by atoms with van der Waals surface area (Å²) in [6.45, 7) is 9.92. The third-order valence-electron chi connectivity index (χ3n) is 7.56. The van der Waals surface area contributed by atoms with Crippen LogP contribution in [-0.4, -0.2) is 45.1 Å². The van der Waals surface area contributed by atoms with E-state index in [1.807, 2.05) is 37.4 Å². The first-order chi connectivity index (χ1) is 19.4. The third kappa shape index (κ3) is 5.60. The van der Waals surface area contributed by atoms with Crippen LogP contribution in [0.4, 0.5) is 11.4 Å². The van der Waals surface area contributed by atoms with Crippen LogP contribution >= 0.6 is 11.6 Å². The Bertz CT molecular complexity index is 1670. The Labute approximate surface area is 240 Å². The Hall–Kier alpha value is -3.74. The average Bonchev–Trinajstić information content (AvgIpc) is 2.95. The summed E-state index contributed by atoms with van der Waals surface area (Å²) in [5.74, 6) is 0.679. The van der Waals surface area contributed by atoms with E-state index in [0.717, 1.165) is 83.0 Å². The zero-order valence-corrected chi connectivity index (χ0v) is 24.1. The molecule has 40 heavy (non-hydrogen) atoms. The van der Waals surface area contributed by atoms with Gasteiger partial charge in [0.15, 0.2) is 0 Å². The lowest BCUT2D eigenvalue weighted by Gasteiger charge is -2.31. The molecular weight excluding hydrogens is 516 g/mol. The number of aromatic nitrogens is 3. The molecule has 1 fully saturated rings. The second kappa shape index (κ2) is 11.4. The minimum atomic E-state index is 0.272. The topological polar surface area (TPSA) is 58.3 Å². The number of aryl methyl sites for hydroxylation is 1. The van der Waals surface area contributed by atoms with Crippen molar-refractivity contribution >= 4 is 34.0 Å². The van der Waals surface area contributed by atoms with E-state index < -0.39 is 0 Å². The fraction of sp³-hybridized carbons (Fsp3) is 0.303. The summed E-state index contributed by atoms with van der Waals surface area (Å²) in [6.07, 6.45) is 3.94. The van der Waals surface area contributed by atoms with Gasteiger partial charge in [-0.05, 0) is 86.3 Å². The highest BCUT2D eigenvalue weighted by atomic mass is 35.5. The minimum Gasteiger partial charge on any atom is -0.352 e. The maximum atomic E-state index is 6.26. The maximum absolute atomic E-state index is 6.26. The van der Waals surface area contributed by atoms with Crippen molar-refractivity contribution in [2.45, 2.75) is 39.7 Å². The second-order valence-corrected chi connectivity index (χ2v) is 11.5. The van der Waals surface area contributed by atoms with Crippen LogP contribution in [0.25, 0.3) is 28.1 Å². The van der Waals surface area contributed by atoms with Gasteiger partial charge in [0.1, 0.15) is 0 Å². The molecule has 2 aromatic carbocycles. The molecule has 1 aliphatic carbocycles. The fourth-order valence-electron chi connectivity index (χ4n) is 5.62. The summed E-state index contributed by atoms with van der Waals surface area (Å²) in [6, 6.07) is 24.8. The van der Waals surface area contributed by atoms with Crippen molar-refractivity contribution < 1.29 is 0 Å². The molecule has 0 saturated carbocycles. The summed E-state index contributed by atoms with van der Waals surface area (Å²) in [5.41, 5.74) is 7.75.